The molecular formula is C29H45N3O4S. The van der Waals surface area contributed by atoms with Crippen molar-refractivity contribution in [3.05, 3.63) is 24.3 Å². The number of carbonyl (C=O) groups is 3. The predicted octanol–water partition coefficient (Wildman–Crippen LogP) is 3.33. The largest absolute Gasteiger partial charge is 0.394 e. The molecule has 7 nitrogen and oxygen atoms in total. The zero-order chi connectivity index (χ0) is 27.7. The molecule has 4 heterocycles. The zero-order valence-corrected chi connectivity index (χ0v) is 24.8. The van der Waals surface area contributed by atoms with E-state index < -0.39 is 39.0 Å². The Morgan fingerprint density at radius 1 is 1.00 bits per heavy atom. The Morgan fingerprint density at radius 3 is 2.19 bits per heavy atom. The number of hydrogen-bond donors (Lipinski definition) is 1. The number of thioether (sulfide) groups is 1. The minimum Gasteiger partial charge on any atom is -0.394 e. The Labute approximate surface area is 226 Å². The molecule has 206 valence electrons. The fraction of sp³-hybridized carbons (Fsp3) is 0.759. The minimum atomic E-state index is -0.888. The molecule has 4 aliphatic rings. The summed E-state index contributed by atoms with van der Waals surface area (Å²) in [5.41, 5.74) is -0.445. The monoisotopic (exact) mass is 531 g/mol. The van der Waals surface area contributed by atoms with Crippen molar-refractivity contribution >= 4 is 29.5 Å². The molecule has 0 aromatic carbocycles. The number of nitrogens with zero attached hydrogens (tertiary/aromatic N) is 3. The molecule has 1 spiro atoms. The van der Waals surface area contributed by atoms with Gasteiger partial charge in [-0.3, -0.25) is 14.4 Å². The van der Waals surface area contributed by atoms with Crippen molar-refractivity contribution in [1.29, 1.82) is 0 Å². The van der Waals surface area contributed by atoms with E-state index in [0.29, 0.717) is 13.1 Å². The van der Waals surface area contributed by atoms with Gasteiger partial charge in [0.15, 0.2) is 0 Å². The molecule has 4 rings (SSSR count). The first-order valence-corrected chi connectivity index (χ1v) is 14.4. The lowest BCUT2D eigenvalue weighted by Crippen LogP contribution is -2.61. The average Bonchev–Trinajstić information content (AvgIpc) is 3.02. The van der Waals surface area contributed by atoms with Crippen molar-refractivity contribution < 1.29 is 19.5 Å². The molecule has 2 saturated heterocycles. The van der Waals surface area contributed by atoms with Crippen LogP contribution in [0.4, 0.5) is 0 Å². The van der Waals surface area contributed by atoms with Gasteiger partial charge in [-0.2, -0.15) is 0 Å². The van der Waals surface area contributed by atoms with Crippen LogP contribution >= 0.6 is 11.8 Å². The van der Waals surface area contributed by atoms with Gasteiger partial charge in [-0.25, -0.2) is 0 Å². The van der Waals surface area contributed by atoms with Crippen LogP contribution in [0, 0.1) is 23.2 Å². The SMILES string of the molecule is CC(C)[C@H](CO)N1C(=O)[C@@H]2[C@H]3C(=O)N(C)CC=C[C@@]3(C)S[C@@]23C=CCN(C(C)(C)CC(C)(C)C)C(=O)C13. The third kappa shape index (κ3) is 4.36. The molecule has 0 aliphatic carbocycles. The van der Waals surface area contributed by atoms with Gasteiger partial charge in [-0.05, 0) is 38.5 Å². The summed E-state index contributed by atoms with van der Waals surface area (Å²) in [6, 6.07) is -1.30. The zero-order valence-electron chi connectivity index (χ0n) is 23.9. The first kappa shape index (κ1) is 28.2. The summed E-state index contributed by atoms with van der Waals surface area (Å²) in [5.74, 6) is -1.65. The summed E-state index contributed by atoms with van der Waals surface area (Å²) in [7, 11) is 1.78. The normalized spacial score (nSPS) is 35.1. The number of aliphatic hydroxyl groups excluding tert-OH is 1. The Kier molecular flexibility index (Phi) is 6.97. The van der Waals surface area contributed by atoms with Gasteiger partial charge in [-0.15, -0.1) is 11.8 Å². The van der Waals surface area contributed by atoms with Crippen LogP contribution in [0.2, 0.25) is 0 Å². The maximum Gasteiger partial charge on any atom is 0.247 e. The molecule has 0 aromatic heterocycles. The average molecular weight is 532 g/mol. The summed E-state index contributed by atoms with van der Waals surface area (Å²) in [6.07, 6.45) is 8.97. The number of carbonyl (C=O) groups excluding carboxylic acids is 3. The molecule has 0 radical (unpaired) electrons. The lowest BCUT2D eigenvalue weighted by Gasteiger charge is -2.46. The second-order valence-corrected chi connectivity index (χ2v) is 15.5. The maximum atomic E-state index is 14.7. The van der Waals surface area contributed by atoms with E-state index >= 15 is 0 Å². The van der Waals surface area contributed by atoms with E-state index in [4.69, 9.17) is 0 Å². The second-order valence-electron chi connectivity index (χ2n) is 13.8. The van der Waals surface area contributed by atoms with Crippen LogP contribution < -0.4 is 0 Å². The van der Waals surface area contributed by atoms with Crippen molar-refractivity contribution in [2.24, 2.45) is 23.2 Å². The molecular weight excluding hydrogens is 486 g/mol. The minimum absolute atomic E-state index is 0.00134. The van der Waals surface area contributed by atoms with Crippen LogP contribution in [0.3, 0.4) is 0 Å². The molecule has 2 fully saturated rings. The van der Waals surface area contributed by atoms with Crippen molar-refractivity contribution in [2.75, 3.05) is 26.7 Å². The Balaban J connectivity index is 1.91. The molecule has 37 heavy (non-hydrogen) atoms. The second kappa shape index (κ2) is 9.15. The highest BCUT2D eigenvalue weighted by Crippen LogP contribution is 2.66. The lowest BCUT2D eigenvalue weighted by atomic mass is 9.74. The Hall–Kier alpha value is -1.80. The number of hydrogen-bond acceptors (Lipinski definition) is 5. The Morgan fingerprint density at radius 2 is 1.62 bits per heavy atom. The van der Waals surface area contributed by atoms with Gasteiger partial charge >= 0.3 is 0 Å². The smallest absolute Gasteiger partial charge is 0.247 e. The summed E-state index contributed by atoms with van der Waals surface area (Å²) >= 11 is 1.60. The number of aliphatic hydroxyl groups is 1. The summed E-state index contributed by atoms with van der Waals surface area (Å²) < 4.78 is -1.50. The summed E-state index contributed by atoms with van der Waals surface area (Å²) in [6.45, 7) is 17.4. The van der Waals surface area contributed by atoms with E-state index in [1.54, 1.807) is 28.6 Å². The quantitative estimate of drug-likeness (QED) is 0.551. The third-order valence-electron chi connectivity index (χ3n) is 8.70. The molecule has 0 aromatic rings. The Bertz CT molecular complexity index is 1030. The van der Waals surface area contributed by atoms with Crippen molar-refractivity contribution in [2.45, 2.75) is 88.9 Å². The van der Waals surface area contributed by atoms with E-state index in [1.165, 1.54) is 0 Å². The molecule has 6 atom stereocenters. The van der Waals surface area contributed by atoms with Crippen LogP contribution in [0.15, 0.2) is 24.3 Å². The van der Waals surface area contributed by atoms with E-state index in [-0.39, 0.29) is 35.7 Å². The van der Waals surface area contributed by atoms with Gasteiger partial charge in [0.1, 0.15) is 6.04 Å². The molecule has 8 heteroatoms. The highest BCUT2D eigenvalue weighted by molar-refractivity contribution is 8.02. The van der Waals surface area contributed by atoms with Gasteiger partial charge in [-0.1, -0.05) is 58.9 Å². The van der Waals surface area contributed by atoms with Crippen molar-refractivity contribution in [3.63, 3.8) is 0 Å². The molecule has 0 bridgehead atoms. The van der Waals surface area contributed by atoms with Gasteiger partial charge in [0.05, 0.1) is 29.2 Å². The number of fused-ring (bicyclic) bond motifs is 2. The van der Waals surface area contributed by atoms with Crippen LogP contribution in [-0.4, -0.2) is 91.4 Å². The van der Waals surface area contributed by atoms with Crippen LogP contribution in [0.25, 0.3) is 0 Å². The standard InChI is InChI=1S/C29H45N3O4S/c1-18(2)19(16-33)32-22-25(36)31(27(6,7)17-26(3,4)5)15-11-13-29(22)21(24(32)35)20-23(34)30(9)14-10-12-28(20,8)37-29/h10-13,18-22,33H,14-17H2,1-9H3/t19-,20-,21-,22?,28+,29-/m0/s1. The van der Waals surface area contributed by atoms with Crippen molar-refractivity contribution in [1.82, 2.24) is 14.7 Å². The lowest BCUT2D eigenvalue weighted by molar-refractivity contribution is -0.150. The predicted molar refractivity (Wildman–Crippen MR) is 148 cm³/mol. The highest BCUT2D eigenvalue weighted by atomic mass is 32.2. The fourth-order valence-electron chi connectivity index (χ4n) is 7.50. The summed E-state index contributed by atoms with van der Waals surface area (Å²) in [5, 5.41) is 10.5. The van der Waals surface area contributed by atoms with Gasteiger partial charge in [0.25, 0.3) is 0 Å². The third-order valence-corrected chi connectivity index (χ3v) is 10.5. The van der Waals surface area contributed by atoms with Gasteiger partial charge < -0.3 is 19.8 Å². The van der Waals surface area contributed by atoms with Crippen LogP contribution in [0.5, 0.6) is 0 Å². The number of likely N-dealkylation sites (N-methyl/N-ethyl adjacent to an activating group) is 1. The topological polar surface area (TPSA) is 81.2 Å². The molecule has 3 amide bonds. The van der Waals surface area contributed by atoms with E-state index in [2.05, 4.69) is 46.8 Å². The van der Waals surface area contributed by atoms with E-state index in [9.17, 15) is 19.5 Å². The molecule has 0 saturated carbocycles. The van der Waals surface area contributed by atoms with Crippen LogP contribution in [0.1, 0.15) is 61.8 Å². The summed E-state index contributed by atoms with van der Waals surface area (Å²) in [4.78, 5) is 48.2. The van der Waals surface area contributed by atoms with Crippen LogP contribution in [-0.2, 0) is 14.4 Å². The molecule has 1 unspecified atom stereocenters. The fourth-order valence-corrected chi connectivity index (χ4v) is 9.64. The highest BCUT2D eigenvalue weighted by Gasteiger charge is 2.74. The number of likely N-dealkylation sites (tertiary alicyclic amines) is 1. The molecule has 4 aliphatic heterocycles. The maximum absolute atomic E-state index is 14.7. The van der Waals surface area contributed by atoms with Gasteiger partial charge in [0.2, 0.25) is 17.7 Å². The first-order valence-electron chi connectivity index (χ1n) is 13.6. The van der Waals surface area contributed by atoms with E-state index in [0.717, 1.165) is 6.42 Å². The number of amides is 3. The first-order chi connectivity index (χ1) is 17.0. The number of rotatable bonds is 5. The van der Waals surface area contributed by atoms with Crippen molar-refractivity contribution in [3.8, 4) is 0 Å². The molecule has 1 N–H and O–H groups in total. The van der Waals surface area contributed by atoms with Gasteiger partial charge in [0, 0.05) is 30.4 Å². The van der Waals surface area contributed by atoms with E-state index in [1.807, 2.05) is 37.8 Å².